The van der Waals surface area contributed by atoms with Gasteiger partial charge in [-0.1, -0.05) is 0 Å². The number of halogens is 1. The van der Waals surface area contributed by atoms with Crippen LogP contribution in [0.25, 0.3) is 0 Å². The van der Waals surface area contributed by atoms with Gasteiger partial charge in [0.05, 0.1) is 12.8 Å². The first kappa shape index (κ1) is 13.1. The van der Waals surface area contributed by atoms with Gasteiger partial charge in [0.25, 0.3) is 5.88 Å². The van der Waals surface area contributed by atoms with E-state index in [9.17, 15) is 4.39 Å². The zero-order valence-electron chi connectivity index (χ0n) is 10.7. The van der Waals surface area contributed by atoms with Crippen LogP contribution in [-0.2, 0) is 0 Å². The molecular formula is C13H14FN3O2. The van der Waals surface area contributed by atoms with Gasteiger partial charge in [-0.3, -0.25) is 0 Å². The van der Waals surface area contributed by atoms with Crippen LogP contribution in [0.5, 0.6) is 17.4 Å². The maximum Gasteiger partial charge on any atom is 0.260 e. The smallest absolute Gasteiger partial charge is 0.260 e. The van der Waals surface area contributed by atoms with Crippen molar-refractivity contribution in [2.75, 3.05) is 19.0 Å². The normalized spacial score (nSPS) is 10.1. The number of benzene rings is 1. The Kier molecular flexibility index (Phi) is 4.12. The number of hydrogen-bond acceptors (Lipinski definition) is 5. The van der Waals surface area contributed by atoms with E-state index in [0.29, 0.717) is 18.3 Å². The molecule has 0 saturated carbocycles. The fraction of sp³-hybridized carbons (Fsp3) is 0.231. The van der Waals surface area contributed by atoms with Crippen LogP contribution in [0.2, 0.25) is 0 Å². The number of hydrogen-bond donors (Lipinski definition) is 1. The minimum Gasteiger partial charge on any atom is -0.494 e. The molecular weight excluding hydrogens is 249 g/mol. The van der Waals surface area contributed by atoms with Crippen molar-refractivity contribution in [2.24, 2.45) is 0 Å². The third kappa shape index (κ3) is 3.31. The Labute approximate surface area is 110 Å². The van der Waals surface area contributed by atoms with Gasteiger partial charge in [-0.05, 0) is 31.2 Å². The summed E-state index contributed by atoms with van der Waals surface area (Å²) < 4.78 is 24.2. The molecule has 2 aromatic rings. The molecule has 0 bridgehead atoms. The molecule has 6 heteroatoms. The van der Waals surface area contributed by atoms with Crippen LogP contribution in [0.1, 0.15) is 6.92 Å². The second kappa shape index (κ2) is 5.99. The lowest BCUT2D eigenvalue weighted by molar-refractivity contribution is 0.339. The molecule has 0 amide bonds. The van der Waals surface area contributed by atoms with Gasteiger partial charge in [0, 0.05) is 7.05 Å². The van der Waals surface area contributed by atoms with E-state index in [1.165, 1.54) is 0 Å². The molecule has 0 aliphatic heterocycles. The highest BCUT2D eigenvalue weighted by Crippen LogP contribution is 2.24. The lowest BCUT2D eigenvalue weighted by Crippen LogP contribution is -2.00. The molecule has 0 aliphatic rings. The molecule has 0 spiro atoms. The second-order valence-corrected chi connectivity index (χ2v) is 3.60. The van der Waals surface area contributed by atoms with Crippen LogP contribution in [-0.4, -0.2) is 23.6 Å². The first-order valence-corrected chi connectivity index (χ1v) is 5.84. The predicted octanol–water partition coefficient (Wildman–Crippen LogP) is 2.85. The zero-order valence-corrected chi connectivity index (χ0v) is 10.7. The van der Waals surface area contributed by atoms with Crippen molar-refractivity contribution >= 4 is 5.95 Å². The van der Waals surface area contributed by atoms with Crippen molar-refractivity contribution < 1.29 is 13.9 Å². The van der Waals surface area contributed by atoms with Crippen molar-refractivity contribution in [3.05, 3.63) is 36.3 Å². The summed E-state index contributed by atoms with van der Waals surface area (Å²) in [5.41, 5.74) is 0. The molecule has 1 heterocycles. The van der Waals surface area contributed by atoms with E-state index in [4.69, 9.17) is 9.47 Å². The molecule has 0 saturated heterocycles. The summed E-state index contributed by atoms with van der Waals surface area (Å²) in [6.45, 7) is 2.49. The summed E-state index contributed by atoms with van der Waals surface area (Å²) in [6, 6.07) is 6.87. The molecule has 0 radical (unpaired) electrons. The van der Waals surface area contributed by atoms with Crippen LogP contribution in [0, 0.1) is 5.82 Å². The van der Waals surface area contributed by atoms with E-state index in [0.717, 1.165) is 11.9 Å². The molecule has 100 valence electrons. The number of anilines is 1. The van der Waals surface area contributed by atoms with E-state index in [1.54, 1.807) is 31.3 Å². The first-order chi connectivity index (χ1) is 9.22. The summed E-state index contributed by atoms with van der Waals surface area (Å²) in [5.74, 6) is 0.760. The second-order valence-electron chi connectivity index (χ2n) is 3.60. The Balaban J connectivity index is 2.16. The molecule has 1 N–H and O–H groups in total. The number of nitrogens with one attached hydrogen (secondary N) is 1. The van der Waals surface area contributed by atoms with Crippen LogP contribution in [0.3, 0.4) is 0 Å². The van der Waals surface area contributed by atoms with Gasteiger partial charge in [0.2, 0.25) is 11.8 Å². The molecule has 5 nitrogen and oxygen atoms in total. The zero-order chi connectivity index (χ0) is 13.7. The van der Waals surface area contributed by atoms with Gasteiger partial charge in [0.15, 0.2) is 0 Å². The SMILES string of the molecule is CCOc1ccc(Oc2nc(NC)ncc2F)cc1. The maximum absolute atomic E-state index is 13.5. The quantitative estimate of drug-likeness (QED) is 0.898. The number of rotatable bonds is 5. The van der Waals surface area contributed by atoms with Crippen molar-refractivity contribution in [3.63, 3.8) is 0 Å². The molecule has 1 aromatic carbocycles. The highest BCUT2D eigenvalue weighted by Gasteiger charge is 2.08. The van der Waals surface area contributed by atoms with Crippen LogP contribution < -0.4 is 14.8 Å². The molecule has 2 rings (SSSR count). The standard InChI is InChI=1S/C13H14FN3O2/c1-3-18-9-4-6-10(7-5-9)19-12-11(14)8-16-13(15-2)17-12/h4-8H,3H2,1-2H3,(H,15,16,17). The van der Waals surface area contributed by atoms with Gasteiger partial charge < -0.3 is 14.8 Å². The Morgan fingerprint density at radius 1 is 1.21 bits per heavy atom. The summed E-state index contributed by atoms with van der Waals surface area (Å²) >= 11 is 0. The third-order valence-electron chi connectivity index (χ3n) is 2.28. The lowest BCUT2D eigenvalue weighted by atomic mass is 10.3. The molecule has 0 unspecified atom stereocenters. The van der Waals surface area contributed by atoms with Crippen molar-refractivity contribution in [1.29, 1.82) is 0 Å². The Hall–Kier alpha value is -2.37. The Morgan fingerprint density at radius 2 is 1.89 bits per heavy atom. The molecule has 0 atom stereocenters. The van der Waals surface area contributed by atoms with Gasteiger partial charge in [-0.25, -0.2) is 4.98 Å². The number of ether oxygens (including phenoxy) is 2. The summed E-state index contributed by atoms with van der Waals surface area (Å²) in [5, 5.41) is 2.72. The first-order valence-electron chi connectivity index (χ1n) is 5.84. The summed E-state index contributed by atoms with van der Waals surface area (Å²) in [7, 11) is 1.65. The van der Waals surface area contributed by atoms with Crippen molar-refractivity contribution in [1.82, 2.24) is 9.97 Å². The fourth-order valence-electron chi connectivity index (χ4n) is 1.43. The molecule has 0 aliphatic carbocycles. The van der Waals surface area contributed by atoms with E-state index in [2.05, 4.69) is 15.3 Å². The van der Waals surface area contributed by atoms with Gasteiger partial charge >= 0.3 is 0 Å². The van der Waals surface area contributed by atoms with Crippen molar-refractivity contribution in [2.45, 2.75) is 6.92 Å². The average Bonchev–Trinajstić information content (AvgIpc) is 2.44. The maximum atomic E-state index is 13.5. The molecule has 19 heavy (non-hydrogen) atoms. The van der Waals surface area contributed by atoms with Gasteiger partial charge in [-0.2, -0.15) is 9.37 Å². The summed E-state index contributed by atoms with van der Waals surface area (Å²) in [6.07, 6.45) is 1.06. The number of nitrogens with zero attached hydrogens (tertiary/aromatic N) is 2. The van der Waals surface area contributed by atoms with Crippen LogP contribution in [0.15, 0.2) is 30.5 Å². The van der Waals surface area contributed by atoms with E-state index >= 15 is 0 Å². The molecule has 0 fully saturated rings. The molecule has 1 aromatic heterocycles. The minimum atomic E-state index is -0.618. The highest BCUT2D eigenvalue weighted by atomic mass is 19.1. The lowest BCUT2D eigenvalue weighted by Gasteiger charge is -2.08. The van der Waals surface area contributed by atoms with Gasteiger partial charge in [-0.15, -0.1) is 0 Å². The van der Waals surface area contributed by atoms with Crippen LogP contribution in [0.4, 0.5) is 10.3 Å². The minimum absolute atomic E-state index is 0.122. The van der Waals surface area contributed by atoms with E-state index in [-0.39, 0.29) is 5.88 Å². The number of aromatic nitrogens is 2. The van der Waals surface area contributed by atoms with Gasteiger partial charge in [0.1, 0.15) is 11.5 Å². The largest absolute Gasteiger partial charge is 0.494 e. The predicted molar refractivity (Wildman–Crippen MR) is 69.2 cm³/mol. The van der Waals surface area contributed by atoms with E-state index in [1.807, 2.05) is 6.92 Å². The highest BCUT2D eigenvalue weighted by molar-refractivity contribution is 5.35. The fourth-order valence-corrected chi connectivity index (χ4v) is 1.43. The van der Waals surface area contributed by atoms with Crippen LogP contribution >= 0.6 is 0 Å². The topological polar surface area (TPSA) is 56.3 Å². The third-order valence-corrected chi connectivity index (χ3v) is 2.28. The Bertz CT molecular complexity index is 546. The van der Waals surface area contributed by atoms with Crippen molar-refractivity contribution in [3.8, 4) is 17.4 Å². The Morgan fingerprint density at radius 3 is 2.53 bits per heavy atom. The average molecular weight is 263 g/mol. The van der Waals surface area contributed by atoms with E-state index < -0.39 is 5.82 Å². The monoisotopic (exact) mass is 263 g/mol. The summed E-state index contributed by atoms with van der Waals surface area (Å²) in [4.78, 5) is 7.63.